The molecule has 5 nitrogen and oxygen atoms in total. The fourth-order valence-corrected chi connectivity index (χ4v) is 2.27. The Kier molecular flexibility index (Phi) is 3.90. The van der Waals surface area contributed by atoms with E-state index in [1.165, 1.54) is 19.3 Å². The molecule has 18 heavy (non-hydrogen) atoms. The monoisotopic (exact) mass is 252 g/mol. The third-order valence-corrected chi connectivity index (χ3v) is 3.84. The van der Waals surface area contributed by atoms with Crippen LogP contribution in [0.25, 0.3) is 0 Å². The number of nitrogens with one attached hydrogen (secondary N) is 1. The molecule has 0 saturated carbocycles. The molecule has 0 radical (unpaired) electrons. The second-order valence-corrected chi connectivity index (χ2v) is 5.94. The lowest BCUT2D eigenvalue weighted by atomic mass is 9.85. The minimum absolute atomic E-state index is 0.106. The highest BCUT2D eigenvalue weighted by molar-refractivity contribution is 5.24. The molecule has 1 saturated heterocycles. The predicted octanol–water partition coefficient (Wildman–Crippen LogP) is 2.37. The van der Waals surface area contributed by atoms with Gasteiger partial charge in [-0.15, -0.1) is 5.10 Å². The van der Waals surface area contributed by atoms with Crippen LogP contribution in [-0.4, -0.2) is 30.3 Å². The highest BCUT2D eigenvalue weighted by atomic mass is 16.4. The second-order valence-electron chi connectivity index (χ2n) is 5.94. The smallest absolute Gasteiger partial charge is 0.318 e. The summed E-state index contributed by atoms with van der Waals surface area (Å²) in [6, 6.07) is 0.777. The summed E-state index contributed by atoms with van der Waals surface area (Å²) >= 11 is 0. The quantitative estimate of drug-likeness (QED) is 0.895. The third-order valence-electron chi connectivity index (χ3n) is 3.84. The molecule has 0 aliphatic carbocycles. The predicted molar refractivity (Wildman–Crippen MR) is 71.6 cm³/mol. The number of hydrogen-bond acceptors (Lipinski definition) is 5. The summed E-state index contributed by atoms with van der Waals surface area (Å²) in [5.74, 6) is 0.663. The zero-order valence-corrected chi connectivity index (χ0v) is 11.9. The van der Waals surface area contributed by atoms with E-state index < -0.39 is 0 Å². The first-order valence-corrected chi connectivity index (χ1v) is 6.77. The van der Waals surface area contributed by atoms with Crippen molar-refractivity contribution in [1.82, 2.24) is 15.5 Å². The molecular formula is C13H24N4O. The Morgan fingerprint density at radius 1 is 1.28 bits per heavy atom. The van der Waals surface area contributed by atoms with Gasteiger partial charge in [-0.1, -0.05) is 18.9 Å². The average molecular weight is 252 g/mol. The van der Waals surface area contributed by atoms with E-state index in [4.69, 9.17) is 4.42 Å². The summed E-state index contributed by atoms with van der Waals surface area (Å²) in [5.41, 5.74) is 0.426. The van der Waals surface area contributed by atoms with E-state index in [2.05, 4.69) is 34.3 Å². The lowest BCUT2D eigenvalue weighted by Gasteiger charge is -2.22. The van der Waals surface area contributed by atoms with Crippen LogP contribution in [0.15, 0.2) is 4.42 Å². The van der Waals surface area contributed by atoms with Gasteiger partial charge < -0.3 is 14.6 Å². The molecule has 5 heteroatoms. The maximum absolute atomic E-state index is 5.74. The Bertz CT molecular complexity index is 388. The van der Waals surface area contributed by atoms with E-state index >= 15 is 0 Å². The highest BCUT2D eigenvalue weighted by Gasteiger charge is 2.25. The van der Waals surface area contributed by atoms with Gasteiger partial charge in [0.1, 0.15) is 0 Å². The summed E-state index contributed by atoms with van der Waals surface area (Å²) in [7, 11) is 1.89. The standard InChI is InChI=1S/C13H24N4O/c1-10(14-4)11-15-16-12(18-11)17-8-5-6-13(2,3)7-9-17/h10,14H,5-9H2,1-4H3. The molecule has 1 unspecified atom stereocenters. The second kappa shape index (κ2) is 5.26. The first-order valence-electron chi connectivity index (χ1n) is 6.77. The largest absolute Gasteiger partial charge is 0.406 e. The van der Waals surface area contributed by atoms with E-state index in [1.54, 1.807) is 0 Å². The van der Waals surface area contributed by atoms with Crippen LogP contribution in [0.3, 0.4) is 0 Å². The molecule has 1 fully saturated rings. The van der Waals surface area contributed by atoms with Gasteiger partial charge in [-0.25, -0.2) is 0 Å². The summed E-state index contributed by atoms with van der Waals surface area (Å²) < 4.78 is 5.74. The Labute approximate surface area is 109 Å². The fourth-order valence-electron chi connectivity index (χ4n) is 2.27. The number of aromatic nitrogens is 2. The molecule has 0 amide bonds. The first kappa shape index (κ1) is 13.3. The highest BCUT2D eigenvalue weighted by Crippen LogP contribution is 2.31. The van der Waals surface area contributed by atoms with E-state index in [0.29, 0.717) is 17.3 Å². The van der Waals surface area contributed by atoms with Crippen molar-refractivity contribution in [2.45, 2.75) is 46.1 Å². The molecule has 2 rings (SSSR count). The Morgan fingerprint density at radius 2 is 2.06 bits per heavy atom. The Hall–Kier alpha value is -1.10. The molecule has 1 aliphatic rings. The molecule has 2 heterocycles. The minimum atomic E-state index is 0.106. The van der Waals surface area contributed by atoms with Crippen molar-refractivity contribution >= 4 is 6.01 Å². The summed E-state index contributed by atoms with van der Waals surface area (Å²) in [6.45, 7) is 8.70. The number of hydrogen-bond donors (Lipinski definition) is 1. The van der Waals surface area contributed by atoms with Gasteiger partial charge in [0, 0.05) is 13.1 Å². The van der Waals surface area contributed by atoms with Crippen LogP contribution in [0.2, 0.25) is 0 Å². The van der Waals surface area contributed by atoms with Gasteiger partial charge in [-0.3, -0.25) is 0 Å². The topological polar surface area (TPSA) is 54.2 Å². The van der Waals surface area contributed by atoms with E-state index in [0.717, 1.165) is 13.1 Å². The van der Waals surface area contributed by atoms with E-state index in [-0.39, 0.29) is 6.04 Å². The zero-order valence-electron chi connectivity index (χ0n) is 11.9. The molecular weight excluding hydrogens is 228 g/mol. The average Bonchev–Trinajstić information content (AvgIpc) is 2.74. The SMILES string of the molecule is CNC(C)c1nnc(N2CCCC(C)(C)CC2)o1. The van der Waals surface area contributed by atoms with Gasteiger partial charge in [0.15, 0.2) is 0 Å². The fraction of sp³-hybridized carbons (Fsp3) is 0.846. The maximum atomic E-state index is 5.74. The van der Waals surface area contributed by atoms with Crippen LogP contribution in [0.5, 0.6) is 0 Å². The van der Waals surface area contributed by atoms with Gasteiger partial charge in [0.05, 0.1) is 6.04 Å². The minimum Gasteiger partial charge on any atom is -0.406 e. The third kappa shape index (κ3) is 3.02. The van der Waals surface area contributed by atoms with Gasteiger partial charge in [-0.2, -0.15) is 0 Å². The molecule has 102 valence electrons. The molecule has 0 bridgehead atoms. The van der Waals surface area contributed by atoms with E-state index in [9.17, 15) is 0 Å². The summed E-state index contributed by atoms with van der Waals surface area (Å²) in [5, 5.41) is 11.4. The maximum Gasteiger partial charge on any atom is 0.318 e. The van der Waals surface area contributed by atoms with Gasteiger partial charge >= 0.3 is 6.01 Å². The lowest BCUT2D eigenvalue weighted by molar-refractivity contribution is 0.324. The van der Waals surface area contributed by atoms with Crippen LogP contribution in [-0.2, 0) is 0 Å². The summed E-state index contributed by atoms with van der Waals surface area (Å²) in [6.07, 6.45) is 3.62. The van der Waals surface area contributed by atoms with Crippen molar-refractivity contribution in [3.8, 4) is 0 Å². The van der Waals surface area contributed by atoms with E-state index in [1.807, 2.05) is 14.0 Å². The molecule has 1 aromatic heterocycles. The first-order chi connectivity index (χ1) is 8.52. The molecule has 1 N–H and O–H groups in total. The van der Waals surface area contributed by atoms with Crippen molar-refractivity contribution in [3.63, 3.8) is 0 Å². The number of anilines is 1. The molecule has 1 atom stereocenters. The van der Waals surface area contributed by atoms with Gasteiger partial charge in [0.2, 0.25) is 5.89 Å². The van der Waals surface area contributed by atoms with Crippen LogP contribution in [0, 0.1) is 5.41 Å². The zero-order chi connectivity index (χ0) is 13.2. The van der Waals surface area contributed by atoms with Gasteiger partial charge in [-0.05, 0) is 38.6 Å². The van der Waals surface area contributed by atoms with Crippen molar-refractivity contribution in [2.24, 2.45) is 5.41 Å². The van der Waals surface area contributed by atoms with Crippen LogP contribution < -0.4 is 10.2 Å². The van der Waals surface area contributed by atoms with Crippen molar-refractivity contribution in [3.05, 3.63) is 5.89 Å². The lowest BCUT2D eigenvalue weighted by Crippen LogP contribution is -2.25. The van der Waals surface area contributed by atoms with Crippen LogP contribution in [0.1, 0.15) is 52.0 Å². The normalized spacial score (nSPS) is 21.7. The van der Waals surface area contributed by atoms with Crippen LogP contribution in [0.4, 0.5) is 6.01 Å². The van der Waals surface area contributed by atoms with Crippen molar-refractivity contribution in [2.75, 3.05) is 25.0 Å². The summed E-state index contributed by atoms with van der Waals surface area (Å²) in [4.78, 5) is 2.22. The molecule has 0 spiro atoms. The molecule has 1 aliphatic heterocycles. The van der Waals surface area contributed by atoms with Crippen molar-refractivity contribution < 1.29 is 4.42 Å². The van der Waals surface area contributed by atoms with Gasteiger partial charge in [0.25, 0.3) is 0 Å². The van der Waals surface area contributed by atoms with Crippen molar-refractivity contribution in [1.29, 1.82) is 0 Å². The number of rotatable bonds is 3. The Balaban J connectivity index is 2.05. The molecule has 1 aromatic rings. The van der Waals surface area contributed by atoms with Crippen LogP contribution >= 0.6 is 0 Å². The Morgan fingerprint density at radius 3 is 2.78 bits per heavy atom. The molecule has 0 aromatic carbocycles. The number of nitrogens with zero attached hydrogens (tertiary/aromatic N) is 3.